The van der Waals surface area contributed by atoms with Gasteiger partial charge in [-0.15, -0.1) is 0 Å². The minimum absolute atomic E-state index is 0.0129. The Kier molecular flexibility index (Phi) is 19.3. The molecule has 0 saturated carbocycles. The number of alkyl halides is 6. The molecule has 21 heteroatoms. The number of aromatic hydroxyl groups is 1. The predicted molar refractivity (Wildman–Crippen MR) is 292 cm³/mol. The molecule has 3 N–H and O–H groups in total. The van der Waals surface area contributed by atoms with Crippen LogP contribution >= 0.6 is 0 Å². The molecule has 0 fully saturated rings. The number of halogens is 6. The van der Waals surface area contributed by atoms with Gasteiger partial charge in [0.15, 0.2) is 0 Å². The molecular formula is C60H49BF6N4O10. The van der Waals surface area contributed by atoms with Crippen molar-refractivity contribution < 1.29 is 65.3 Å². The predicted octanol–water partition coefficient (Wildman–Crippen LogP) is 11.9. The van der Waals surface area contributed by atoms with Crippen molar-refractivity contribution >= 4 is 35.9 Å². The average Bonchev–Trinajstić information content (AvgIpc) is 3.45. The van der Waals surface area contributed by atoms with Gasteiger partial charge in [0.1, 0.15) is 17.2 Å². The monoisotopic (exact) mass is 1110 g/mol. The summed E-state index contributed by atoms with van der Waals surface area (Å²) >= 11 is 0. The molecule has 0 aliphatic rings. The summed E-state index contributed by atoms with van der Waals surface area (Å²) in [6.07, 6.45) is -9.73. The van der Waals surface area contributed by atoms with Crippen LogP contribution in [0.1, 0.15) is 65.2 Å². The molecular weight excluding hydrogens is 1060 g/mol. The summed E-state index contributed by atoms with van der Waals surface area (Å²) < 4.78 is 99.4. The van der Waals surface area contributed by atoms with E-state index in [0.29, 0.717) is 33.8 Å². The number of carbonyl (C=O) groups is 2. The number of aryl methyl sites for hydroxylation is 4. The van der Waals surface area contributed by atoms with Crippen molar-refractivity contribution in [3.63, 3.8) is 0 Å². The molecule has 8 aromatic rings. The molecule has 81 heavy (non-hydrogen) atoms. The van der Waals surface area contributed by atoms with E-state index in [-0.39, 0.29) is 35.7 Å². The second kappa shape index (κ2) is 25.8. The number of aromatic nitrogens is 2. The maximum atomic E-state index is 13.9. The number of pyridine rings is 2. The van der Waals surface area contributed by atoms with Gasteiger partial charge >= 0.3 is 31.4 Å². The molecule has 0 atom stereocenters. The smallest absolute Gasteiger partial charge is 0.488 e. The number of hydrogen-bond acceptors (Lipinski definition) is 10. The van der Waals surface area contributed by atoms with Gasteiger partial charge in [0.2, 0.25) is 0 Å². The third-order valence-corrected chi connectivity index (χ3v) is 12.4. The van der Waals surface area contributed by atoms with E-state index in [4.69, 9.17) is 32.7 Å². The molecule has 414 valence electrons. The zero-order valence-corrected chi connectivity index (χ0v) is 44.1. The van der Waals surface area contributed by atoms with Crippen LogP contribution in [0.3, 0.4) is 0 Å². The van der Waals surface area contributed by atoms with Gasteiger partial charge in [-0.1, -0.05) is 65.7 Å². The van der Waals surface area contributed by atoms with Crippen molar-refractivity contribution in [3.05, 3.63) is 245 Å². The molecule has 0 unspecified atom stereocenters. The van der Waals surface area contributed by atoms with Gasteiger partial charge in [0.25, 0.3) is 22.5 Å². The highest BCUT2D eigenvalue weighted by Crippen LogP contribution is 2.39. The lowest BCUT2D eigenvalue weighted by atomic mass is 9.80. The van der Waals surface area contributed by atoms with Crippen molar-refractivity contribution in [2.24, 2.45) is 0 Å². The minimum atomic E-state index is -4.89. The van der Waals surface area contributed by atoms with E-state index in [1.165, 1.54) is 84.0 Å². The summed E-state index contributed by atoms with van der Waals surface area (Å²) in [4.78, 5) is 54.8. The number of hydrogen-bond donors (Lipinski definition) is 3. The van der Waals surface area contributed by atoms with Crippen LogP contribution in [0.4, 0.5) is 37.7 Å². The zero-order chi connectivity index (χ0) is 59.5. The number of phenols is 1. The van der Waals surface area contributed by atoms with E-state index in [1.54, 1.807) is 36.4 Å². The van der Waals surface area contributed by atoms with E-state index in [9.17, 15) is 50.6 Å². The van der Waals surface area contributed by atoms with Gasteiger partial charge in [-0.2, -0.15) is 26.3 Å². The molecule has 0 radical (unpaired) electrons. The first kappa shape index (κ1) is 60.5. The zero-order valence-electron chi connectivity index (χ0n) is 44.1. The SMILES string of the molecule is COC(=O)c1cccc(B(O)O)c1.[C-]#[N+]c1c(C(F)(F)F)cc(-c2ccc(O)cc2)n(Cc2ccc(C)cc2C)c1=O.[C-]#[N+]c1c(C(F)(F)F)cc(-c2ccc(Oc3cccc(C(=O)OC)c3)cc2)n(Cc2ccc(C)cc2C)c1=O. The van der Waals surface area contributed by atoms with E-state index in [2.05, 4.69) is 14.4 Å². The number of benzene rings is 6. The molecule has 6 aromatic carbocycles. The second-order valence-electron chi connectivity index (χ2n) is 18.1. The van der Waals surface area contributed by atoms with Crippen molar-refractivity contribution in [2.75, 3.05) is 14.2 Å². The van der Waals surface area contributed by atoms with E-state index in [1.807, 2.05) is 64.1 Å². The Labute approximate surface area is 460 Å². The van der Waals surface area contributed by atoms with Crippen LogP contribution < -0.4 is 21.3 Å². The maximum absolute atomic E-state index is 13.9. The lowest BCUT2D eigenvalue weighted by Crippen LogP contribution is -2.30. The van der Waals surface area contributed by atoms with Gasteiger partial charge in [-0.05, 0) is 158 Å². The third kappa shape index (κ3) is 14.9. The van der Waals surface area contributed by atoms with Gasteiger partial charge in [0, 0.05) is 11.4 Å². The summed E-state index contributed by atoms with van der Waals surface area (Å²) in [6, 6.07) is 36.8. The van der Waals surface area contributed by atoms with Crippen LogP contribution in [-0.2, 0) is 34.9 Å². The number of carbonyl (C=O) groups excluding carboxylic acids is 2. The molecule has 2 aromatic heterocycles. The Morgan fingerprint density at radius 3 is 1.37 bits per heavy atom. The van der Waals surface area contributed by atoms with Gasteiger partial charge in [0.05, 0.1) is 62.7 Å². The van der Waals surface area contributed by atoms with Gasteiger partial charge < -0.3 is 38.5 Å². The summed E-state index contributed by atoms with van der Waals surface area (Å²) in [6.45, 7) is 22.0. The molecule has 8 rings (SSSR count). The highest BCUT2D eigenvalue weighted by atomic mass is 19.4. The van der Waals surface area contributed by atoms with E-state index >= 15 is 0 Å². The quantitative estimate of drug-likeness (QED) is 0.0489. The Hall–Kier alpha value is -9.70. The number of rotatable bonds is 11. The normalized spacial score (nSPS) is 10.9. The van der Waals surface area contributed by atoms with Gasteiger partial charge in [-0.3, -0.25) is 9.59 Å². The highest BCUT2D eigenvalue weighted by molar-refractivity contribution is 6.58. The Bertz CT molecular complexity index is 3840. The van der Waals surface area contributed by atoms with Crippen molar-refractivity contribution in [1.82, 2.24) is 9.13 Å². The van der Waals surface area contributed by atoms with Crippen LogP contribution in [0.2, 0.25) is 0 Å². The highest BCUT2D eigenvalue weighted by Gasteiger charge is 2.38. The molecule has 0 aliphatic heterocycles. The fourth-order valence-corrected chi connectivity index (χ4v) is 8.31. The number of phenolic OH excluding ortho intramolecular Hbond substituents is 1. The first-order valence-electron chi connectivity index (χ1n) is 24.2. The molecule has 0 spiro atoms. The summed E-state index contributed by atoms with van der Waals surface area (Å²) in [7, 11) is 0.970. The fraction of sp³-hybridized carbons (Fsp3) is 0.167. The first-order chi connectivity index (χ1) is 38.3. The van der Waals surface area contributed by atoms with Crippen molar-refractivity contribution in [2.45, 2.75) is 53.1 Å². The molecule has 14 nitrogen and oxygen atoms in total. The lowest BCUT2D eigenvalue weighted by Gasteiger charge is -2.19. The molecule has 0 aliphatic carbocycles. The average molecular weight is 1110 g/mol. The minimum Gasteiger partial charge on any atom is -0.508 e. The molecule has 0 saturated heterocycles. The van der Waals surface area contributed by atoms with E-state index in [0.717, 1.165) is 45.5 Å². The summed E-state index contributed by atoms with van der Waals surface area (Å²) in [5, 5.41) is 27.1. The summed E-state index contributed by atoms with van der Waals surface area (Å²) in [5.74, 6) is -0.356. The first-order valence-corrected chi connectivity index (χ1v) is 24.2. The Morgan fingerprint density at radius 2 is 0.975 bits per heavy atom. The van der Waals surface area contributed by atoms with Crippen LogP contribution in [0, 0.1) is 40.8 Å². The second-order valence-corrected chi connectivity index (χ2v) is 18.1. The molecule has 0 bridgehead atoms. The summed E-state index contributed by atoms with van der Waals surface area (Å²) in [5.41, 5.74) is 0.335. The fourth-order valence-electron chi connectivity index (χ4n) is 8.31. The lowest BCUT2D eigenvalue weighted by molar-refractivity contribution is -0.137. The van der Waals surface area contributed by atoms with Crippen LogP contribution in [0.25, 0.3) is 32.2 Å². The Balaban J connectivity index is 0.000000220. The van der Waals surface area contributed by atoms with Gasteiger partial charge in [-0.25, -0.2) is 19.3 Å². The number of methoxy groups -OCH3 is 2. The van der Waals surface area contributed by atoms with Crippen LogP contribution in [0.5, 0.6) is 17.2 Å². The molecule has 0 amide bonds. The van der Waals surface area contributed by atoms with Crippen LogP contribution in [-0.4, -0.2) is 57.6 Å². The maximum Gasteiger partial charge on any atom is 0.488 e. The number of esters is 2. The third-order valence-electron chi connectivity index (χ3n) is 12.4. The standard InChI is InChI=1S/C30H23F3N2O4.C22H17F3N2O2.C8H9BO4/c1-18-8-9-22(19(2)14-18)17-35-26(16-25(30(31,32)33)27(34-3)28(35)36)20-10-12-23(13-11-20)39-24-7-5-6-21(15-24)29(37)38-4;1-13-4-5-16(14(2)10-13)12-27-19(15-6-8-17(28)9-7-15)11-18(22(23,24)25)20(26-3)21(27)29;1-13-8(10)6-3-2-4-7(5-6)9(11)12/h5-16H,17H2,1-2,4H3;4-11,28H,12H2,1-2H3;2-5,11-12H,1H3. The Morgan fingerprint density at radius 1 is 0.556 bits per heavy atom. The van der Waals surface area contributed by atoms with E-state index < -0.39 is 65.0 Å². The molecule has 2 heterocycles. The van der Waals surface area contributed by atoms with Crippen molar-refractivity contribution in [3.8, 4) is 39.8 Å². The van der Waals surface area contributed by atoms with Crippen molar-refractivity contribution in [1.29, 1.82) is 0 Å². The van der Waals surface area contributed by atoms with Crippen LogP contribution in [0.15, 0.2) is 155 Å². The number of nitrogens with zero attached hydrogens (tertiary/aromatic N) is 4. The largest absolute Gasteiger partial charge is 0.508 e. The topological polar surface area (TPSA) is 175 Å². The number of ether oxygens (including phenoxy) is 3.